The summed E-state index contributed by atoms with van der Waals surface area (Å²) in [7, 11) is 0. The average molecular weight is 395 g/mol. The number of benzene rings is 1. The van der Waals surface area contributed by atoms with Gasteiger partial charge in [-0.1, -0.05) is 12.8 Å². The fraction of sp³-hybridized carbons (Fsp3) is 0.412. The summed E-state index contributed by atoms with van der Waals surface area (Å²) >= 11 is 0. The number of carbonyl (C=O) groups is 4. The molecule has 0 bridgehead atoms. The number of urea groups is 1. The second-order valence-corrected chi connectivity index (χ2v) is 6.66. The predicted octanol–water partition coefficient (Wildman–Crippen LogP) is 1.68. The Labute approximate surface area is 157 Å². The molecule has 1 saturated heterocycles. The van der Waals surface area contributed by atoms with Crippen LogP contribution in [0.2, 0.25) is 0 Å². The van der Waals surface area contributed by atoms with Crippen LogP contribution in [0, 0.1) is 0 Å². The van der Waals surface area contributed by atoms with E-state index in [0.29, 0.717) is 17.7 Å². The molecule has 2 fully saturated rings. The molecule has 0 radical (unpaired) electrons. The van der Waals surface area contributed by atoms with Gasteiger partial charge in [0.2, 0.25) is 5.91 Å². The van der Waals surface area contributed by atoms with E-state index >= 15 is 0 Å². The van der Waals surface area contributed by atoms with Gasteiger partial charge in [0.25, 0.3) is 0 Å². The molecule has 1 aromatic carbocycles. The van der Waals surface area contributed by atoms with Crippen LogP contribution in [-0.2, 0) is 14.4 Å². The molecule has 3 aliphatic rings. The Morgan fingerprint density at radius 2 is 1.79 bits per heavy atom. The van der Waals surface area contributed by atoms with Crippen molar-refractivity contribution in [1.82, 2.24) is 9.80 Å². The fourth-order valence-electron chi connectivity index (χ4n) is 3.52. The van der Waals surface area contributed by atoms with Crippen molar-refractivity contribution < 1.29 is 37.4 Å². The lowest BCUT2D eigenvalue weighted by Gasteiger charge is -2.20. The Morgan fingerprint density at radius 1 is 1.11 bits per heavy atom. The van der Waals surface area contributed by atoms with Gasteiger partial charge in [0.1, 0.15) is 6.54 Å². The standard InChI is InChI=1S/C17H15F2N3O6/c18-17(19)27-11-6-5-9(7-12(11)28-17)20-13(23)8-21-14(24)15(25)22(16(21)26)10-3-1-2-4-10/h5-7,10H,1-4,8H2,(H,20,23). The number of halogens is 2. The zero-order valence-corrected chi connectivity index (χ0v) is 14.4. The molecule has 1 saturated carbocycles. The predicted molar refractivity (Wildman–Crippen MR) is 87.5 cm³/mol. The van der Waals surface area contributed by atoms with Crippen LogP contribution in [0.25, 0.3) is 0 Å². The zero-order valence-electron chi connectivity index (χ0n) is 14.4. The highest BCUT2D eigenvalue weighted by Crippen LogP contribution is 2.42. The van der Waals surface area contributed by atoms with Gasteiger partial charge >= 0.3 is 24.1 Å². The van der Waals surface area contributed by atoms with Crippen LogP contribution in [0.3, 0.4) is 0 Å². The van der Waals surface area contributed by atoms with Gasteiger partial charge in [-0.15, -0.1) is 8.78 Å². The third-order valence-electron chi connectivity index (χ3n) is 4.76. The minimum Gasteiger partial charge on any atom is -0.395 e. The maximum Gasteiger partial charge on any atom is 0.586 e. The van der Waals surface area contributed by atoms with Gasteiger partial charge in [-0.05, 0) is 25.0 Å². The molecule has 0 atom stereocenters. The Kier molecular flexibility index (Phi) is 4.16. The quantitative estimate of drug-likeness (QED) is 0.614. The van der Waals surface area contributed by atoms with Gasteiger partial charge in [-0.25, -0.2) is 9.69 Å². The van der Waals surface area contributed by atoms with E-state index in [-0.39, 0.29) is 23.2 Å². The molecule has 0 aromatic heterocycles. The summed E-state index contributed by atoms with van der Waals surface area (Å²) in [5.41, 5.74) is 0.100. The first-order chi connectivity index (χ1) is 13.2. The minimum absolute atomic E-state index is 0.100. The first kappa shape index (κ1) is 18.1. The van der Waals surface area contributed by atoms with Crippen LogP contribution in [-0.4, -0.2) is 52.4 Å². The second-order valence-electron chi connectivity index (χ2n) is 6.66. The van der Waals surface area contributed by atoms with Crippen LogP contribution in [0.15, 0.2) is 18.2 Å². The Hall–Kier alpha value is -3.24. The number of carbonyl (C=O) groups excluding carboxylic acids is 4. The number of fused-ring (bicyclic) bond motifs is 1. The summed E-state index contributed by atoms with van der Waals surface area (Å²) in [4.78, 5) is 50.4. The van der Waals surface area contributed by atoms with Gasteiger partial charge in [-0.2, -0.15) is 0 Å². The highest BCUT2D eigenvalue weighted by atomic mass is 19.3. The van der Waals surface area contributed by atoms with E-state index in [1.54, 1.807) is 0 Å². The van der Waals surface area contributed by atoms with Gasteiger partial charge in [0.15, 0.2) is 11.5 Å². The molecular formula is C17H15F2N3O6. The summed E-state index contributed by atoms with van der Waals surface area (Å²) in [5.74, 6) is -3.22. The van der Waals surface area contributed by atoms with E-state index in [2.05, 4.69) is 14.8 Å². The molecule has 9 nitrogen and oxygen atoms in total. The number of amides is 5. The number of hydrogen-bond acceptors (Lipinski definition) is 6. The molecule has 2 aliphatic heterocycles. The molecule has 0 spiro atoms. The first-order valence-corrected chi connectivity index (χ1v) is 8.64. The van der Waals surface area contributed by atoms with Crippen LogP contribution in [0.5, 0.6) is 11.5 Å². The second kappa shape index (κ2) is 6.43. The number of nitrogens with zero attached hydrogens (tertiary/aromatic N) is 2. The molecule has 148 valence electrons. The lowest BCUT2D eigenvalue weighted by Crippen LogP contribution is -2.41. The Bertz CT molecular complexity index is 884. The van der Waals surface area contributed by atoms with Crippen molar-refractivity contribution >= 4 is 29.4 Å². The summed E-state index contributed by atoms with van der Waals surface area (Å²) in [6.45, 7) is -0.669. The van der Waals surface area contributed by atoms with Crippen molar-refractivity contribution in [3.63, 3.8) is 0 Å². The van der Waals surface area contributed by atoms with Crippen molar-refractivity contribution in [2.75, 3.05) is 11.9 Å². The van der Waals surface area contributed by atoms with Crippen LogP contribution in [0.1, 0.15) is 25.7 Å². The van der Waals surface area contributed by atoms with Gasteiger partial charge < -0.3 is 14.8 Å². The monoisotopic (exact) mass is 395 g/mol. The van der Waals surface area contributed by atoms with Crippen LogP contribution >= 0.6 is 0 Å². The average Bonchev–Trinajstić information content (AvgIpc) is 3.28. The molecule has 28 heavy (non-hydrogen) atoms. The van der Waals surface area contributed by atoms with Crippen molar-refractivity contribution in [2.45, 2.75) is 38.0 Å². The van der Waals surface area contributed by atoms with Gasteiger partial charge in [0, 0.05) is 17.8 Å². The van der Waals surface area contributed by atoms with Crippen LogP contribution < -0.4 is 14.8 Å². The molecule has 1 N–H and O–H groups in total. The largest absolute Gasteiger partial charge is 0.586 e. The number of alkyl halides is 2. The lowest BCUT2D eigenvalue weighted by molar-refractivity contribution is -0.286. The molecule has 5 amide bonds. The molecule has 2 heterocycles. The van der Waals surface area contributed by atoms with E-state index in [1.165, 1.54) is 12.1 Å². The number of ether oxygens (including phenoxy) is 2. The summed E-state index contributed by atoms with van der Waals surface area (Å²) in [5, 5.41) is 2.37. The molecule has 1 aliphatic carbocycles. The van der Waals surface area contributed by atoms with Crippen molar-refractivity contribution in [2.24, 2.45) is 0 Å². The third kappa shape index (κ3) is 3.12. The molecule has 4 rings (SSSR count). The molecule has 11 heteroatoms. The van der Waals surface area contributed by atoms with Gasteiger partial charge in [-0.3, -0.25) is 19.3 Å². The molecule has 1 aromatic rings. The SMILES string of the molecule is O=C(CN1C(=O)C(=O)N(C2CCCC2)C1=O)Nc1ccc2c(c1)OC(F)(F)O2. The summed E-state index contributed by atoms with van der Waals surface area (Å²) in [6, 6.07) is 2.46. The summed E-state index contributed by atoms with van der Waals surface area (Å²) in [6.07, 6.45) is -0.804. The zero-order chi connectivity index (χ0) is 20.1. The van der Waals surface area contributed by atoms with E-state index in [1.807, 2.05) is 0 Å². The number of rotatable bonds is 4. The van der Waals surface area contributed by atoms with Crippen molar-refractivity contribution in [1.29, 1.82) is 0 Å². The van der Waals surface area contributed by atoms with E-state index in [9.17, 15) is 28.0 Å². The number of hydrogen-bond donors (Lipinski definition) is 1. The van der Waals surface area contributed by atoms with Crippen molar-refractivity contribution in [3.05, 3.63) is 18.2 Å². The van der Waals surface area contributed by atoms with Crippen molar-refractivity contribution in [3.8, 4) is 11.5 Å². The van der Waals surface area contributed by atoms with E-state index in [4.69, 9.17) is 0 Å². The Morgan fingerprint density at radius 3 is 2.50 bits per heavy atom. The lowest BCUT2D eigenvalue weighted by atomic mass is 10.2. The highest BCUT2D eigenvalue weighted by Gasteiger charge is 2.48. The van der Waals surface area contributed by atoms with E-state index < -0.39 is 36.6 Å². The first-order valence-electron chi connectivity index (χ1n) is 8.64. The number of anilines is 1. The summed E-state index contributed by atoms with van der Waals surface area (Å²) < 4.78 is 34.6. The number of nitrogens with one attached hydrogen (secondary N) is 1. The molecular weight excluding hydrogens is 380 g/mol. The maximum absolute atomic E-state index is 13.0. The maximum atomic E-state index is 13.0. The van der Waals surface area contributed by atoms with Gasteiger partial charge in [0.05, 0.1) is 0 Å². The normalized spacial score (nSPS) is 21.0. The Balaban J connectivity index is 1.42. The fourth-order valence-corrected chi connectivity index (χ4v) is 3.52. The third-order valence-corrected chi connectivity index (χ3v) is 4.76. The number of imide groups is 2. The molecule has 0 unspecified atom stereocenters. The smallest absolute Gasteiger partial charge is 0.395 e. The topological polar surface area (TPSA) is 105 Å². The van der Waals surface area contributed by atoms with E-state index in [0.717, 1.165) is 23.8 Å². The van der Waals surface area contributed by atoms with Crippen LogP contribution in [0.4, 0.5) is 19.3 Å². The minimum atomic E-state index is -3.79. The highest BCUT2D eigenvalue weighted by molar-refractivity contribution is 6.45.